The Hall–Kier alpha value is -3.67. The van der Waals surface area contributed by atoms with Crippen molar-refractivity contribution in [1.29, 1.82) is 0 Å². The van der Waals surface area contributed by atoms with Crippen LogP contribution in [0.5, 0.6) is 5.75 Å². The van der Waals surface area contributed by atoms with Gasteiger partial charge in [0.25, 0.3) is 5.91 Å². The molecule has 0 saturated carbocycles. The minimum atomic E-state index is -1.20. The van der Waals surface area contributed by atoms with Crippen LogP contribution in [0.25, 0.3) is 10.4 Å². The fourth-order valence-corrected chi connectivity index (χ4v) is 5.98. The summed E-state index contributed by atoms with van der Waals surface area (Å²) < 4.78 is 5.61. The van der Waals surface area contributed by atoms with E-state index in [4.69, 9.17) is 9.84 Å². The molecule has 36 heavy (non-hydrogen) atoms. The molecule has 4 N–H and O–H groups in total. The number of para-hydroxylation sites is 1. The van der Waals surface area contributed by atoms with Crippen molar-refractivity contribution < 1.29 is 29.3 Å². The monoisotopic (exact) mass is 586 g/mol. The fourth-order valence-electron chi connectivity index (χ4n) is 3.25. The van der Waals surface area contributed by atoms with Crippen molar-refractivity contribution in [1.82, 2.24) is 0 Å². The minimum absolute atomic E-state index is 0.0110. The summed E-state index contributed by atoms with van der Waals surface area (Å²) in [6, 6.07) is 20.3. The number of thiophene rings is 2. The van der Waals surface area contributed by atoms with Crippen LogP contribution >= 0.6 is 38.6 Å². The van der Waals surface area contributed by atoms with Gasteiger partial charge >= 0.3 is 11.9 Å². The maximum absolute atomic E-state index is 12.5. The number of halogens is 1. The molecule has 0 aliphatic rings. The lowest BCUT2D eigenvalue weighted by Gasteiger charge is -2.08. The van der Waals surface area contributed by atoms with E-state index in [0.717, 1.165) is 33.2 Å². The van der Waals surface area contributed by atoms with Gasteiger partial charge in [-0.2, -0.15) is 0 Å². The molecule has 0 aliphatic carbocycles. The molecular weight excluding hydrogens is 568 g/mol. The zero-order valence-electron chi connectivity index (χ0n) is 18.5. The summed E-state index contributed by atoms with van der Waals surface area (Å²) in [5, 5.41) is 24.6. The number of carboxylic acids is 2. The number of hydrogen-bond donors (Lipinski definition) is 4. The maximum atomic E-state index is 12.5. The number of aliphatic carboxylic acids is 1. The van der Waals surface area contributed by atoms with Crippen molar-refractivity contribution in [2.45, 2.75) is 6.54 Å². The van der Waals surface area contributed by atoms with Crippen LogP contribution < -0.4 is 15.4 Å². The van der Waals surface area contributed by atoms with Gasteiger partial charge in [-0.3, -0.25) is 4.79 Å². The molecule has 0 bridgehead atoms. The van der Waals surface area contributed by atoms with E-state index < -0.39 is 18.5 Å². The number of anilines is 2. The van der Waals surface area contributed by atoms with Crippen LogP contribution in [0.4, 0.5) is 11.4 Å². The molecule has 0 saturated heterocycles. The number of carbonyl (C=O) groups is 3. The average Bonchev–Trinajstić information content (AvgIpc) is 3.47. The van der Waals surface area contributed by atoms with Crippen LogP contribution in [0, 0.1) is 0 Å². The number of aromatic carboxylic acids is 1. The summed E-state index contributed by atoms with van der Waals surface area (Å²) >= 11 is 5.75. The zero-order valence-corrected chi connectivity index (χ0v) is 21.7. The fraction of sp³-hybridized carbons (Fsp3) is 0.0800. The molecule has 8 nitrogen and oxygen atoms in total. The van der Waals surface area contributed by atoms with Gasteiger partial charge in [-0.25, -0.2) is 9.59 Å². The third kappa shape index (κ3) is 6.11. The van der Waals surface area contributed by atoms with E-state index in [1.165, 1.54) is 11.3 Å². The van der Waals surface area contributed by atoms with Gasteiger partial charge in [0.2, 0.25) is 0 Å². The van der Waals surface area contributed by atoms with Gasteiger partial charge < -0.3 is 25.6 Å². The molecule has 0 aliphatic heterocycles. The summed E-state index contributed by atoms with van der Waals surface area (Å²) in [5.74, 6) is -2.59. The van der Waals surface area contributed by atoms with E-state index in [1.807, 2.05) is 60.7 Å². The van der Waals surface area contributed by atoms with Crippen LogP contribution in [-0.4, -0.2) is 34.7 Å². The van der Waals surface area contributed by atoms with Crippen LogP contribution in [0.1, 0.15) is 24.2 Å². The molecule has 2 aromatic carbocycles. The lowest BCUT2D eigenvalue weighted by Crippen LogP contribution is -2.11. The summed E-state index contributed by atoms with van der Waals surface area (Å²) in [6.45, 7) is -0.158. The molecule has 0 radical (unpaired) electrons. The Morgan fingerprint density at radius 1 is 0.917 bits per heavy atom. The van der Waals surface area contributed by atoms with Crippen molar-refractivity contribution >= 4 is 67.8 Å². The molecule has 0 spiro atoms. The Labute approximate surface area is 222 Å². The van der Waals surface area contributed by atoms with E-state index >= 15 is 0 Å². The van der Waals surface area contributed by atoms with Gasteiger partial charge in [0.05, 0.1) is 14.2 Å². The molecule has 1 amide bonds. The number of nitrogens with one attached hydrogen (secondary N) is 2. The van der Waals surface area contributed by atoms with Gasteiger partial charge in [-0.05, 0) is 57.9 Å². The van der Waals surface area contributed by atoms with Gasteiger partial charge in [0, 0.05) is 22.8 Å². The standard InChI is InChI=1S/C25H19BrN2O6S2/c26-20-21(34-13-19(29)30)23(25(32)33)36-22(20)14-5-4-8-16(11-14)27-12-17-9-10-18(35-17)24(31)28-15-6-2-1-3-7-15/h1-11,27H,12-13H2,(H,28,31)(H,29,30)(H,32,33). The van der Waals surface area contributed by atoms with E-state index in [2.05, 4.69) is 26.6 Å². The number of amides is 1. The quantitative estimate of drug-likeness (QED) is 0.173. The van der Waals surface area contributed by atoms with Crippen LogP contribution in [0.3, 0.4) is 0 Å². The molecular formula is C25H19BrN2O6S2. The van der Waals surface area contributed by atoms with Crippen molar-refractivity contribution in [3.05, 3.63) is 85.8 Å². The second kappa shape index (κ2) is 11.4. The third-order valence-corrected chi connectivity index (χ3v) is 8.16. The largest absolute Gasteiger partial charge is 0.479 e. The Morgan fingerprint density at radius 3 is 2.39 bits per heavy atom. The van der Waals surface area contributed by atoms with Crippen LogP contribution in [0.2, 0.25) is 0 Å². The molecule has 0 atom stereocenters. The molecule has 4 rings (SSSR count). The van der Waals surface area contributed by atoms with Crippen LogP contribution in [-0.2, 0) is 11.3 Å². The number of ether oxygens (including phenoxy) is 1. The number of carboxylic acid groups (broad SMARTS) is 2. The molecule has 0 unspecified atom stereocenters. The first-order valence-electron chi connectivity index (χ1n) is 10.5. The van der Waals surface area contributed by atoms with Crippen molar-refractivity contribution in [2.75, 3.05) is 17.2 Å². The molecule has 0 fully saturated rings. The SMILES string of the molecule is O=C(O)COc1c(C(=O)O)sc(-c2cccc(NCc3ccc(C(=O)Nc4ccccc4)s3)c2)c1Br. The third-order valence-electron chi connectivity index (χ3n) is 4.85. The van der Waals surface area contributed by atoms with E-state index in [9.17, 15) is 19.5 Å². The summed E-state index contributed by atoms with van der Waals surface area (Å²) in [5.41, 5.74) is 2.26. The number of benzene rings is 2. The first kappa shape index (κ1) is 25.4. The smallest absolute Gasteiger partial charge is 0.349 e. The van der Waals surface area contributed by atoms with Crippen LogP contribution in [0.15, 0.2) is 71.2 Å². The Morgan fingerprint density at radius 2 is 1.67 bits per heavy atom. The highest BCUT2D eigenvalue weighted by atomic mass is 79.9. The highest BCUT2D eigenvalue weighted by Crippen LogP contribution is 2.46. The lowest BCUT2D eigenvalue weighted by molar-refractivity contribution is -0.139. The first-order valence-corrected chi connectivity index (χ1v) is 12.9. The highest BCUT2D eigenvalue weighted by Gasteiger charge is 2.24. The normalized spacial score (nSPS) is 10.6. The summed E-state index contributed by atoms with van der Waals surface area (Å²) in [4.78, 5) is 37.1. The number of rotatable bonds is 10. The molecule has 2 aromatic heterocycles. The predicted octanol–water partition coefficient (Wildman–Crippen LogP) is 6.27. The van der Waals surface area contributed by atoms with Gasteiger partial charge in [0.15, 0.2) is 17.2 Å². The molecule has 2 heterocycles. The molecule has 11 heteroatoms. The van der Waals surface area contributed by atoms with E-state index in [0.29, 0.717) is 20.8 Å². The zero-order chi connectivity index (χ0) is 25.7. The Kier molecular flexibility index (Phi) is 8.04. The second-order valence-corrected chi connectivity index (χ2v) is 10.4. The lowest BCUT2D eigenvalue weighted by atomic mass is 10.1. The number of carbonyl (C=O) groups excluding carboxylic acids is 1. The predicted molar refractivity (Wildman–Crippen MR) is 144 cm³/mol. The summed E-state index contributed by atoms with van der Waals surface area (Å²) in [6.07, 6.45) is 0. The summed E-state index contributed by atoms with van der Waals surface area (Å²) in [7, 11) is 0. The van der Waals surface area contributed by atoms with Gasteiger partial charge in [0.1, 0.15) is 0 Å². The molecule has 4 aromatic rings. The Balaban J connectivity index is 1.46. The Bertz CT molecular complexity index is 1420. The number of hydrogen-bond acceptors (Lipinski definition) is 7. The van der Waals surface area contributed by atoms with Crippen molar-refractivity contribution in [3.63, 3.8) is 0 Å². The second-order valence-electron chi connectivity index (χ2n) is 7.41. The highest BCUT2D eigenvalue weighted by molar-refractivity contribution is 9.10. The first-order chi connectivity index (χ1) is 17.3. The van der Waals surface area contributed by atoms with Crippen molar-refractivity contribution in [2.24, 2.45) is 0 Å². The van der Waals surface area contributed by atoms with E-state index in [-0.39, 0.29) is 16.5 Å². The average molecular weight is 587 g/mol. The van der Waals surface area contributed by atoms with Crippen molar-refractivity contribution in [3.8, 4) is 16.2 Å². The van der Waals surface area contributed by atoms with Gasteiger partial charge in [-0.1, -0.05) is 30.3 Å². The topological polar surface area (TPSA) is 125 Å². The molecule has 184 valence electrons. The maximum Gasteiger partial charge on any atom is 0.349 e. The van der Waals surface area contributed by atoms with E-state index in [1.54, 1.807) is 6.07 Å². The van der Waals surface area contributed by atoms with Gasteiger partial charge in [-0.15, -0.1) is 22.7 Å². The minimum Gasteiger partial charge on any atom is -0.479 e.